The summed E-state index contributed by atoms with van der Waals surface area (Å²) in [6, 6.07) is 2.13. The molecule has 0 bridgehead atoms. The molecule has 2 saturated heterocycles. The Labute approximate surface area is 114 Å². The van der Waals surface area contributed by atoms with E-state index in [-0.39, 0.29) is 0 Å². The maximum Gasteiger partial charge on any atom is 0.218 e. The summed E-state index contributed by atoms with van der Waals surface area (Å²) < 4.78 is 11.0. The molecule has 1 unspecified atom stereocenters. The first-order valence-electron chi connectivity index (χ1n) is 6.98. The van der Waals surface area contributed by atoms with Crippen molar-refractivity contribution in [1.82, 2.24) is 9.88 Å². The molecule has 0 aliphatic carbocycles. The van der Waals surface area contributed by atoms with E-state index in [0.717, 1.165) is 44.3 Å². The summed E-state index contributed by atoms with van der Waals surface area (Å²) in [5.41, 5.74) is 3.80. The van der Waals surface area contributed by atoms with Crippen LogP contribution in [0.1, 0.15) is 29.7 Å². The van der Waals surface area contributed by atoms with Gasteiger partial charge in [0.2, 0.25) is 5.88 Å². The van der Waals surface area contributed by atoms with E-state index in [1.54, 1.807) is 7.11 Å². The van der Waals surface area contributed by atoms with Crippen LogP contribution in [0.3, 0.4) is 0 Å². The zero-order valence-corrected chi connectivity index (χ0v) is 12.0. The zero-order valence-electron chi connectivity index (χ0n) is 12.0. The second-order valence-electron chi connectivity index (χ2n) is 5.77. The van der Waals surface area contributed by atoms with Crippen LogP contribution in [0.25, 0.3) is 0 Å². The Kier molecular flexibility index (Phi) is 3.23. The molecule has 104 valence electrons. The lowest BCUT2D eigenvalue weighted by Crippen LogP contribution is -2.59. The Morgan fingerprint density at radius 3 is 2.84 bits per heavy atom. The standard InChI is InChI=1S/C15H22N2O2/c1-11-8-12(2)16-14(18-3)13(11)9-17-6-4-15(17)5-7-19-10-15/h8H,4-7,9-10H2,1-3H3. The van der Waals surface area contributed by atoms with E-state index in [0.29, 0.717) is 5.54 Å². The molecule has 1 atom stereocenters. The monoisotopic (exact) mass is 262 g/mol. The number of aromatic nitrogens is 1. The summed E-state index contributed by atoms with van der Waals surface area (Å²) in [4.78, 5) is 7.03. The summed E-state index contributed by atoms with van der Waals surface area (Å²) in [5.74, 6) is 0.776. The minimum absolute atomic E-state index is 0.294. The zero-order chi connectivity index (χ0) is 13.5. The molecule has 1 aromatic rings. The molecule has 4 nitrogen and oxygen atoms in total. The smallest absolute Gasteiger partial charge is 0.218 e. The van der Waals surface area contributed by atoms with Crippen LogP contribution in [-0.2, 0) is 11.3 Å². The Bertz CT molecular complexity index is 481. The molecule has 2 fully saturated rings. The van der Waals surface area contributed by atoms with Gasteiger partial charge in [-0.25, -0.2) is 4.98 Å². The lowest BCUT2D eigenvalue weighted by atomic mass is 9.83. The van der Waals surface area contributed by atoms with E-state index in [4.69, 9.17) is 9.47 Å². The van der Waals surface area contributed by atoms with Gasteiger partial charge in [0.25, 0.3) is 0 Å². The Morgan fingerprint density at radius 2 is 2.26 bits per heavy atom. The summed E-state index contributed by atoms with van der Waals surface area (Å²) in [6.07, 6.45) is 2.42. The second kappa shape index (κ2) is 4.76. The molecule has 0 amide bonds. The van der Waals surface area contributed by atoms with Gasteiger partial charge in [-0.2, -0.15) is 0 Å². The van der Waals surface area contributed by atoms with Crippen molar-refractivity contribution in [2.75, 3.05) is 26.9 Å². The first kappa shape index (κ1) is 12.9. The highest BCUT2D eigenvalue weighted by Crippen LogP contribution is 2.40. The van der Waals surface area contributed by atoms with Crippen LogP contribution in [0.5, 0.6) is 5.88 Å². The van der Waals surface area contributed by atoms with E-state index in [9.17, 15) is 0 Å². The van der Waals surface area contributed by atoms with Crippen LogP contribution in [-0.4, -0.2) is 42.3 Å². The van der Waals surface area contributed by atoms with Gasteiger partial charge in [-0.15, -0.1) is 0 Å². The number of pyridine rings is 1. The Morgan fingerprint density at radius 1 is 1.42 bits per heavy atom. The van der Waals surface area contributed by atoms with Gasteiger partial charge in [0.15, 0.2) is 0 Å². The maximum atomic E-state index is 5.59. The predicted molar refractivity (Wildman–Crippen MR) is 73.5 cm³/mol. The van der Waals surface area contributed by atoms with Crippen molar-refractivity contribution in [2.24, 2.45) is 0 Å². The fourth-order valence-electron chi connectivity index (χ4n) is 3.26. The minimum Gasteiger partial charge on any atom is -0.481 e. The minimum atomic E-state index is 0.294. The highest BCUT2D eigenvalue weighted by atomic mass is 16.5. The lowest BCUT2D eigenvalue weighted by Gasteiger charge is -2.50. The van der Waals surface area contributed by atoms with Crippen LogP contribution in [0.15, 0.2) is 6.07 Å². The van der Waals surface area contributed by atoms with Crippen molar-refractivity contribution in [3.63, 3.8) is 0 Å². The van der Waals surface area contributed by atoms with E-state index >= 15 is 0 Å². The molecule has 2 aliphatic rings. The lowest BCUT2D eigenvalue weighted by molar-refractivity contribution is -0.0281. The topological polar surface area (TPSA) is 34.6 Å². The van der Waals surface area contributed by atoms with Gasteiger partial charge >= 0.3 is 0 Å². The van der Waals surface area contributed by atoms with Crippen molar-refractivity contribution < 1.29 is 9.47 Å². The van der Waals surface area contributed by atoms with E-state index in [1.807, 2.05) is 6.92 Å². The van der Waals surface area contributed by atoms with Gasteiger partial charge in [-0.05, 0) is 38.3 Å². The summed E-state index contributed by atoms with van der Waals surface area (Å²) in [6.45, 7) is 8.01. The molecule has 1 spiro atoms. The van der Waals surface area contributed by atoms with Gasteiger partial charge in [0.1, 0.15) is 0 Å². The largest absolute Gasteiger partial charge is 0.481 e. The van der Waals surface area contributed by atoms with Crippen LogP contribution in [0.2, 0.25) is 0 Å². The molecule has 0 radical (unpaired) electrons. The fraction of sp³-hybridized carbons (Fsp3) is 0.667. The summed E-state index contributed by atoms with van der Waals surface area (Å²) >= 11 is 0. The van der Waals surface area contributed by atoms with Gasteiger partial charge in [-0.1, -0.05) is 0 Å². The number of methoxy groups -OCH3 is 1. The summed E-state index contributed by atoms with van der Waals surface area (Å²) in [5, 5.41) is 0. The molecule has 3 rings (SSSR count). The number of nitrogens with zero attached hydrogens (tertiary/aromatic N) is 2. The Hall–Kier alpha value is -1.13. The quantitative estimate of drug-likeness (QED) is 0.835. The van der Waals surface area contributed by atoms with E-state index in [1.165, 1.54) is 17.5 Å². The number of likely N-dealkylation sites (tertiary alicyclic amines) is 1. The molecule has 0 saturated carbocycles. The van der Waals surface area contributed by atoms with Crippen molar-refractivity contribution in [3.05, 3.63) is 22.9 Å². The molecule has 2 aliphatic heterocycles. The highest BCUT2D eigenvalue weighted by molar-refractivity contribution is 5.36. The van der Waals surface area contributed by atoms with Gasteiger partial charge in [0.05, 0.1) is 13.7 Å². The number of rotatable bonds is 3. The van der Waals surface area contributed by atoms with Gasteiger partial charge in [-0.3, -0.25) is 4.90 Å². The van der Waals surface area contributed by atoms with Crippen molar-refractivity contribution >= 4 is 0 Å². The molecular weight excluding hydrogens is 240 g/mol. The van der Waals surface area contributed by atoms with Crippen LogP contribution in [0.4, 0.5) is 0 Å². The molecule has 0 N–H and O–H groups in total. The molecule has 19 heavy (non-hydrogen) atoms. The molecule has 0 aromatic carbocycles. The van der Waals surface area contributed by atoms with Gasteiger partial charge < -0.3 is 9.47 Å². The third kappa shape index (κ3) is 2.13. The second-order valence-corrected chi connectivity index (χ2v) is 5.77. The average Bonchev–Trinajstić information content (AvgIpc) is 2.87. The number of hydrogen-bond donors (Lipinski definition) is 0. The first-order chi connectivity index (χ1) is 9.14. The van der Waals surface area contributed by atoms with Crippen LogP contribution >= 0.6 is 0 Å². The predicted octanol–water partition coefficient (Wildman–Crippen LogP) is 2.07. The molecule has 4 heteroatoms. The Balaban J connectivity index is 1.83. The van der Waals surface area contributed by atoms with Crippen molar-refractivity contribution in [3.8, 4) is 5.88 Å². The molecule has 3 heterocycles. The van der Waals surface area contributed by atoms with Crippen LogP contribution < -0.4 is 4.74 Å². The number of ether oxygens (including phenoxy) is 2. The summed E-state index contributed by atoms with van der Waals surface area (Å²) in [7, 11) is 1.70. The van der Waals surface area contributed by atoms with Crippen molar-refractivity contribution in [2.45, 2.75) is 38.8 Å². The number of aryl methyl sites for hydroxylation is 2. The van der Waals surface area contributed by atoms with Crippen LogP contribution in [0, 0.1) is 13.8 Å². The van der Waals surface area contributed by atoms with Crippen molar-refractivity contribution in [1.29, 1.82) is 0 Å². The first-order valence-corrected chi connectivity index (χ1v) is 6.98. The molecular formula is C15H22N2O2. The highest BCUT2D eigenvalue weighted by Gasteiger charge is 2.47. The normalized spacial score (nSPS) is 26.7. The van der Waals surface area contributed by atoms with Gasteiger partial charge in [0, 0.05) is 36.5 Å². The third-order valence-electron chi connectivity index (χ3n) is 4.58. The average molecular weight is 262 g/mol. The fourth-order valence-corrected chi connectivity index (χ4v) is 3.26. The maximum absolute atomic E-state index is 5.59. The number of hydrogen-bond acceptors (Lipinski definition) is 4. The van der Waals surface area contributed by atoms with E-state index < -0.39 is 0 Å². The van der Waals surface area contributed by atoms with E-state index in [2.05, 4.69) is 22.9 Å². The molecule has 1 aromatic heterocycles. The third-order valence-corrected chi connectivity index (χ3v) is 4.58. The SMILES string of the molecule is COc1nc(C)cc(C)c1CN1CCC12CCOC2.